The highest BCUT2D eigenvalue weighted by molar-refractivity contribution is 7.89. The van der Waals surface area contributed by atoms with E-state index in [1.165, 1.54) is 19.2 Å². The zero-order valence-electron chi connectivity index (χ0n) is 17.1. The minimum Gasteiger partial charge on any atom is -0.497 e. The van der Waals surface area contributed by atoms with Crippen molar-refractivity contribution in [1.82, 2.24) is 4.72 Å². The van der Waals surface area contributed by atoms with Crippen molar-refractivity contribution in [2.45, 2.75) is 24.3 Å². The highest BCUT2D eigenvalue weighted by atomic mass is 35.5. The lowest BCUT2D eigenvalue weighted by atomic mass is 10.1. The molecule has 0 aromatic heterocycles. The van der Waals surface area contributed by atoms with Gasteiger partial charge in [-0.25, -0.2) is 8.42 Å². The van der Waals surface area contributed by atoms with Crippen LogP contribution >= 0.6 is 11.6 Å². The fourth-order valence-electron chi connectivity index (χ4n) is 3.04. The number of aryl methyl sites for hydroxylation is 1. The molecule has 6 nitrogen and oxygen atoms in total. The number of halogens is 1. The van der Waals surface area contributed by atoms with E-state index in [0.717, 1.165) is 11.1 Å². The molecule has 0 aliphatic rings. The minimum absolute atomic E-state index is 0.0434. The molecule has 1 atom stereocenters. The second kappa shape index (κ2) is 9.96. The van der Waals surface area contributed by atoms with E-state index in [4.69, 9.17) is 16.3 Å². The molecule has 0 heterocycles. The standard InChI is InChI=1S/C23H23ClN2O4S/c1-16-14-18(24)8-13-21(16)25-23(27)22(15-17-6-4-3-5-7-17)26-31(28,29)20-11-9-19(30-2)10-12-20/h3-14,22,26H,15H2,1-2H3,(H,25,27). The van der Waals surface area contributed by atoms with Crippen molar-refractivity contribution in [1.29, 1.82) is 0 Å². The number of benzene rings is 3. The number of hydrogen-bond acceptors (Lipinski definition) is 4. The molecule has 2 N–H and O–H groups in total. The van der Waals surface area contributed by atoms with Gasteiger partial charge in [0.1, 0.15) is 11.8 Å². The largest absolute Gasteiger partial charge is 0.497 e. The Morgan fingerprint density at radius 3 is 2.32 bits per heavy atom. The molecule has 0 aliphatic carbocycles. The van der Waals surface area contributed by atoms with Crippen molar-refractivity contribution >= 4 is 33.2 Å². The van der Waals surface area contributed by atoms with Crippen LogP contribution in [0.5, 0.6) is 5.75 Å². The Morgan fingerprint density at radius 2 is 1.71 bits per heavy atom. The molecule has 31 heavy (non-hydrogen) atoms. The summed E-state index contributed by atoms with van der Waals surface area (Å²) >= 11 is 5.99. The maximum absolute atomic E-state index is 13.1. The Balaban J connectivity index is 1.87. The lowest BCUT2D eigenvalue weighted by Gasteiger charge is -2.20. The number of rotatable bonds is 8. The zero-order chi connectivity index (χ0) is 22.4. The summed E-state index contributed by atoms with van der Waals surface area (Å²) in [6.07, 6.45) is 0.189. The summed E-state index contributed by atoms with van der Waals surface area (Å²) in [5.41, 5.74) is 2.17. The van der Waals surface area contributed by atoms with Gasteiger partial charge in [0.15, 0.2) is 0 Å². The zero-order valence-corrected chi connectivity index (χ0v) is 18.7. The van der Waals surface area contributed by atoms with Crippen LogP contribution in [0.3, 0.4) is 0 Å². The van der Waals surface area contributed by atoms with Crippen LogP contribution in [0, 0.1) is 6.92 Å². The first-order chi connectivity index (χ1) is 14.8. The van der Waals surface area contributed by atoms with E-state index in [1.807, 2.05) is 37.3 Å². The summed E-state index contributed by atoms with van der Waals surface area (Å²) in [5.74, 6) is 0.0714. The van der Waals surface area contributed by atoms with E-state index >= 15 is 0 Å². The lowest BCUT2D eigenvalue weighted by molar-refractivity contribution is -0.117. The first-order valence-electron chi connectivity index (χ1n) is 9.56. The van der Waals surface area contributed by atoms with Crippen LogP contribution in [0.15, 0.2) is 77.7 Å². The van der Waals surface area contributed by atoms with Gasteiger partial charge in [0.2, 0.25) is 15.9 Å². The predicted molar refractivity (Wildman–Crippen MR) is 122 cm³/mol. The maximum atomic E-state index is 13.1. The fraction of sp³-hybridized carbons (Fsp3) is 0.174. The van der Waals surface area contributed by atoms with E-state index in [-0.39, 0.29) is 11.3 Å². The van der Waals surface area contributed by atoms with E-state index in [9.17, 15) is 13.2 Å². The van der Waals surface area contributed by atoms with Gasteiger partial charge in [0.25, 0.3) is 0 Å². The van der Waals surface area contributed by atoms with E-state index in [2.05, 4.69) is 10.0 Å². The molecular formula is C23H23ClN2O4S. The predicted octanol–water partition coefficient (Wildman–Crippen LogP) is 4.19. The molecule has 8 heteroatoms. The third kappa shape index (κ3) is 6.07. The first-order valence-corrected chi connectivity index (χ1v) is 11.4. The lowest BCUT2D eigenvalue weighted by Crippen LogP contribution is -2.45. The van der Waals surface area contributed by atoms with Crippen molar-refractivity contribution < 1.29 is 17.9 Å². The minimum atomic E-state index is -3.95. The average molecular weight is 459 g/mol. The molecule has 3 rings (SSSR count). The Labute approximate surface area is 187 Å². The van der Waals surface area contributed by atoms with Crippen molar-refractivity contribution in [2.75, 3.05) is 12.4 Å². The van der Waals surface area contributed by atoms with Gasteiger partial charge in [0.05, 0.1) is 12.0 Å². The Morgan fingerprint density at radius 1 is 1.03 bits per heavy atom. The second-order valence-electron chi connectivity index (χ2n) is 6.99. The number of hydrogen-bond donors (Lipinski definition) is 2. The maximum Gasteiger partial charge on any atom is 0.242 e. The van der Waals surface area contributed by atoms with Gasteiger partial charge in [-0.1, -0.05) is 41.9 Å². The van der Waals surface area contributed by atoms with E-state index in [0.29, 0.717) is 16.5 Å². The monoisotopic (exact) mass is 458 g/mol. The molecule has 3 aromatic carbocycles. The van der Waals surface area contributed by atoms with Crippen molar-refractivity contribution in [3.63, 3.8) is 0 Å². The number of methoxy groups -OCH3 is 1. The van der Waals surface area contributed by atoms with Gasteiger partial charge < -0.3 is 10.1 Å². The van der Waals surface area contributed by atoms with Crippen LogP contribution in [0.4, 0.5) is 5.69 Å². The van der Waals surface area contributed by atoms with Gasteiger partial charge in [-0.3, -0.25) is 4.79 Å². The van der Waals surface area contributed by atoms with Crippen LogP contribution in [0.25, 0.3) is 0 Å². The third-order valence-corrected chi connectivity index (χ3v) is 6.44. The smallest absolute Gasteiger partial charge is 0.242 e. The second-order valence-corrected chi connectivity index (χ2v) is 9.14. The summed E-state index contributed by atoms with van der Waals surface area (Å²) in [6, 6.07) is 19.2. The highest BCUT2D eigenvalue weighted by Gasteiger charge is 2.26. The number of sulfonamides is 1. The summed E-state index contributed by atoms with van der Waals surface area (Å²) in [7, 11) is -2.45. The molecular weight excluding hydrogens is 436 g/mol. The van der Waals surface area contributed by atoms with Crippen molar-refractivity contribution in [3.8, 4) is 5.75 Å². The molecule has 0 aliphatic heterocycles. The molecule has 1 amide bonds. The number of ether oxygens (including phenoxy) is 1. The van der Waals surface area contributed by atoms with Crippen LogP contribution < -0.4 is 14.8 Å². The Bertz CT molecular complexity index is 1150. The molecule has 0 bridgehead atoms. The number of carbonyl (C=O) groups is 1. The molecule has 0 saturated carbocycles. The van der Waals surface area contributed by atoms with Crippen LogP contribution in [0.1, 0.15) is 11.1 Å². The van der Waals surface area contributed by atoms with Gasteiger partial charge in [0, 0.05) is 10.7 Å². The van der Waals surface area contributed by atoms with Crippen LogP contribution in [-0.4, -0.2) is 27.5 Å². The summed E-state index contributed by atoms with van der Waals surface area (Å²) in [5, 5.41) is 3.36. The van der Waals surface area contributed by atoms with Crippen LogP contribution in [0.2, 0.25) is 5.02 Å². The Kier molecular flexibility index (Phi) is 7.33. The van der Waals surface area contributed by atoms with E-state index in [1.54, 1.807) is 30.3 Å². The van der Waals surface area contributed by atoms with Crippen molar-refractivity contribution in [3.05, 3.63) is 88.9 Å². The quantitative estimate of drug-likeness (QED) is 0.530. The number of carbonyl (C=O) groups excluding carboxylic acids is 1. The molecule has 162 valence electrons. The van der Waals surface area contributed by atoms with Gasteiger partial charge >= 0.3 is 0 Å². The van der Waals surface area contributed by atoms with E-state index < -0.39 is 22.0 Å². The third-order valence-electron chi connectivity index (χ3n) is 4.71. The molecule has 0 saturated heterocycles. The molecule has 0 fully saturated rings. The fourth-order valence-corrected chi connectivity index (χ4v) is 4.46. The highest BCUT2D eigenvalue weighted by Crippen LogP contribution is 2.21. The molecule has 0 spiro atoms. The summed E-state index contributed by atoms with van der Waals surface area (Å²) < 4.78 is 33.5. The number of nitrogens with one attached hydrogen (secondary N) is 2. The van der Waals surface area contributed by atoms with Gasteiger partial charge in [-0.15, -0.1) is 0 Å². The van der Waals surface area contributed by atoms with Gasteiger partial charge in [-0.05, 0) is 66.9 Å². The topological polar surface area (TPSA) is 84.5 Å². The summed E-state index contributed by atoms with van der Waals surface area (Å²) in [6.45, 7) is 1.81. The molecule has 3 aromatic rings. The van der Waals surface area contributed by atoms with Crippen molar-refractivity contribution in [2.24, 2.45) is 0 Å². The first kappa shape index (κ1) is 22.8. The number of amides is 1. The average Bonchev–Trinajstić information content (AvgIpc) is 2.76. The van der Waals surface area contributed by atoms with Crippen LogP contribution in [-0.2, 0) is 21.2 Å². The SMILES string of the molecule is COc1ccc(S(=O)(=O)NC(Cc2ccccc2)C(=O)Nc2ccc(Cl)cc2C)cc1. The summed E-state index contributed by atoms with van der Waals surface area (Å²) in [4.78, 5) is 13.1. The number of anilines is 1. The molecule has 0 radical (unpaired) electrons. The normalized spacial score (nSPS) is 12.2. The van der Waals surface area contributed by atoms with Gasteiger partial charge in [-0.2, -0.15) is 4.72 Å². The Hall–Kier alpha value is -2.87. The molecule has 1 unspecified atom stereocenters.